The Labute approximate surface area is 320 Å². The number of aliphatic hydroxyl groups is 7. The third-order valence-corrected chi connectivity index (χ3v) is 17.2. The van der Waals surface area contributed by atoms with Crippen molar-refractivity contribution in [3.63, 3.8) is 0 Å². The second-order valence-electron chi connectivity index (χ2n) is 20.6. The number of rotatable bonds is 5. The van der Waals surface area contributed by atoms with Crippen LogP contribution in [0.5, 0.6) is 0 Å². The van der Waals surface area contributed by atoms with E-state index in [1.54, 1.807) is 0 Å². The first-order valence-corrected chi connectivity index (χ1v) is 20.7. The second-order valence-corrected chi connectivity index (χ2v) is 20.6. The third kappa shape index (κ3) is 5.93. The van der Waals surface area contributed by atoms with E-state index >= 15 is 0 Å². The molecule has 4 saturated carbocycles. The molecule has 7 aliphatic rings. The molecule has 0 aromatic heterocycles. The van der Waals surface area contributed by atoms with Gasteiger partial charge in [-0.3, -0.25) is 4.79 Å². The summed E-state index contributed by atoms with van der Waals surface area (Å²) in [5, 5.41) is 75.0. The molecule has 0 bridgehead atoms. The Bertz CT molecular complexity index is 1470. The van der Waals surface area contributed by atoms with Crippen LogP contribution in [0.3, 0.4) is 0 Å². The molecule has 18 atom stereocenters. The summed E-state index contributed by atoms with van der Waals surface area (Å²) in [5.41, 5.74) is 0.268. The Kier molecular flexibility index (Phi) is 10.4. The van der Waals surface area contributed by atoms with Crippen LogP contribution in [-0.4, -0.2) is 116 Å². The number of allylic oxidation sites excluding steroid dienone is 2. The van der Waals surface area contributed by atoms with E-state index in [0.29, 0.717) is 24.7 Å². The quantitative estimate of drug-likeness (QED) is 0.160. The normalized spacial score (nSPS) is 53.9. The summed E-state index contributed by atoms with van der Waals surface area (Å²) in [6.45, 7) is 17.3. The van der Waals surface area contributed by atoms with Crippen molar-refractivity contribution < 1.29 is 59.5 Å². The molecule has 7 N–H and O–H groups in total. The molecule has 0 aromatic rings. The zero-order valence-corrected chi connectivity index (χ0v) is 33.6. The summed E-state index contributed by atoms with van der Waals surface area (Å²) >= 11 is 0. The van der Waals surface area contributed by atoms with Gasteiger partial charge in [-0.25, -0.2) is 0 Å². The van der Waals surface area contributed by atoms with Gasteiger partial charge in [0.1, 0.15) is 42.7 Å². The number of carbonyl (C=O) groups is 1. The fraction of sp³-hybridized carbons (Fsp3) is 0.929. The Morgan fingerprint density at radius 3 is 2.15 bits per heavy atom. The van der Waals surface area contributed by atoms with Crippen molar-refractivity contribution in [2.45, 2.75) is 187 Å². The van der Waals surface area contributed by atoms with E-state index < -0.39 is 79.4 Å². The number of esters is 1. The lowest BCUT2D eigenvalue weighted by Crippen LogP contribution is -2.66. The molecular formula is C42H68O12. The van der Waals surface area contributed by atoms with E-state index in [4.69, 9.17) is 18.9 Å². The van der Waals surface area contributed by atoms with Crippen LogP contribution in [-0.2, 0) is 23.7 Å². The lowest BCUT2D eigenvalue weighted by molar-refractivity contribution is -0.354. The summed E-state index contributed by atoms with van der Waals surface area (Å²) in [6.07, 6.45) is -4.16. The Hall–Kier alpha value is -1.19. The van der Waals surface area contributed by atoms with Crippen LogP contribution in [0.25, 0.3) is 0 Å². The highest BCUT2D eigenvalue weighted by Crippen LogP contribution is 2.76. The zero-order valence-electron chi connectivity index (χ0n) is 33.6. The van der Waals surface area contributed by atoms with Gasteiger partial charge in [0, 0.05) is 0 Å². The highest BCUT2D eigenvalue weighted by molar-refractivity contribution is 5.79. The molecule has 12 nitrogen and oxygen atoms in total. The lowest BCUT2D eigenvalue weighted by atomic mass is 9.33. The molecule has 308 valence electrons. The predicted molar refractivity (Wildman–Crippen MR) is 196 cm³/mol. The van der Waals surface area contributed by atoms with Crippen LogP contribution in [0.2, 0.25) is 0 Å². The average molecular weight is 765 g/mol. The minimum absolute atomic E-state index is 0.00293. The largest absolute Gasteiger partial charge is 0.432 e. The van der Waals surface area contributed by atoms with E-state index in [-0.39, 0.29) is 39.1 Å². The fourth-order valence-corrected chi connectivity index (χ4v) is 13.4. The highest BCUT2D eigenvalue weighted by atomic mass is 16.7. The van der Waals surface area contributed by atoms with Crippen LogP contribution in [0.15, 0.2) is 11.6 Å². The first kappa shape index (κ1) is 41.0. The molecule has 2 heterocycles. The van der Waals surface area contributed by atoms with Gasteiger partial charge in [-0.2, -0.15) is 0 Å². The van der Waals surface area contributed by atoms with Crippen LogP contribution in [0.4, 0.5) is 0 Å². The van der Waals surface area contributed by atoms with Crippen molar-refractivity contribution >= 4 is 5.97 Å². The van der Waals surface area contributed by atoms with Crippen molar-refractivity contribution in [1.82, 2.24) is 0 Å². The minimum atomic E-state index is -1.73. The van der Waals surface area contributed by atoms with Gasteiger partial charge in [0.25, 0.3) is 0 Å². The van der Waals surface area contributed by atoms with Gasteiger partial charge in [0.15, 0.2) is 6.29 Å². The van der Waals surface area contributed by atoms with E-state index in [0.717, 1.165) is 51.4 Å². The molecule has 12 heteroatoms. The molecule has 6 fully saturated rings. The number of fused-ring (bicyclic) bond motifs is 7. The first-order chi connectivity index (χ1) is 25.1. The monoisotopic (exact) mass is 764 g/mol. The average Bonchev–Trinajstić information content (AvgIpc) is 3.10. The van der Waals surface area contributed by atoms with Gasteiger partial charge >= 0.3 is 5.97 Å². The number of hydrogen-bond acceptors (Lipinski definition) is 12. The van der Waals surface area contributed by atoms with Crippen molar-refractivity contribution in [2.24, 2.45) is 50.2 Å². The van der Waals surface area contributed by atoms with E-state index in [1.165, 1.54) is 12.5 Å². The molecule has 5 aliphatic carbocycles. The van der Waals surface area contributed by atoms with Gasteiger partial charge in [0.2, 0.25) is 6.29 Å². The molecule has 2 saturated heterocycles. The zero-order chi connectivity index (χ0) is 39.6. The summed E-state index contributed by atoms with van der Waals surface area (Å²) < 4.78 is 23.4. The number of aliphatic hydroxyl groups excluding tert-OH is 7. The van der Waals surface area contributed by atoms with Crippen LogP contribution >= 0.6 is 0 Å². The molecule has 0 spiro atoms. The van der Waals surface area contributed by atoms with Gasteiger partial charge in [-0.05, 0) is 116 Å². The van der Waals surface area contributed by atoms with Crippen molar-refractivity contribution in [3.8, 4) is 0 Å². The first-order valence-electron chi connectivity index (χ1n) is 20.7. The summed E-state index contributed by atoms with van der Waals surface area (Å²) in [4.78, 5) is 14.9. The van der Waals surface area contributed by atoms with E-state index in [9.17, 15) is 40.5 Å². The predicted octanol–water partition coefficient (Wildman–Crippen LogP) is 3.34. The molecule has 0 aromatic carbocycles. The number of hydrogen-bond donors (Lipinski definition) is 7. The topological polar surface area (TPSA) is 196 Å². The van der Waals surface area contributed by atoms with Crippen molar-refractivity contribution in [1.29, 1.82) is 0 Å². The smallest absolute Gasteiger partial charge is 0.315 e. The van der Waals surface area contributed by atoms with Gasteiger partial charge in [-0.15, -0.1) is 0 Å². The summed E-state index contributed by atoms with van der Waals surface area (Å²) in [6, 6.07) is 0. The van der Waals surface area contributed by atoms with Crippen LogP contribution in [0.1, 0.15) is 120 Å². The van der Waals surface area contributed by atoms with E-state index in [1.807, 2.05) is 0 Å². The molecule has 1 unspecified atom stereocenters. The molecule has 7 rings (SSSR count). The molecule has 0 amide bonds. The van der Waals surface area contributed by atoms with Crippen molar-refractivity contribution in [2.75, 3.05) is 6.61 Å². The standard InChI is InChI=1S/C42H68O12/c1-21-28(45)30(47)31(48)34(51-21)53-33-29(46)24(20-43)52-35(32(33)49)54-36(50)42-17-15-37(2,3)19-23(42)22-9-10-26-39(6)13-12-27(44)38(4,5)25(39)11-14-41(26,8)40(22,7)16-18-42/h9,21,23-35,43-49H,10-20H2,1-8H3/t21-,23-,24+,25-,26-,27-,28-,29+,30+,31+,32+,33-,34-,35?,39-,40+,41+,42-/m0/s1. The molecule has 2 aliphatic heterocycles. The summed E-state index contributed by atoms with van der Waals surface area (Å²) in [7, 11) is 0. The second kappa shape index (κ2) is 13.7. The van der Waals surface area contributed by atoms with E-state index in [2.05, 4.69) is 54.5 Å². The maximum Gasteiger partial charge on any atom is 0.315 e. The Morgan fingerprint density at radius 1 is 0.778 bits per heavy atom. The van der Waals surface area contributed by atoms with Crippen LogP contribution in [0, 0.1) is 50.2 Å². The lowest BCUT2D eigenvalue weighted by Gasteiger charge is -2.71. The SMILES string of the molecule is C[C@@H]1O[C@@H](O[C@H]2[C@H](O)[C@@H](CO)OC(OC(=O)[C@]34CCC(C)(C)C[C@H]3C3=CC[C@H]5[C@@]6(C)CC[C@H](O)C(C)(C)[C@@H]6CC[C@@]5(C)[C@]3(C)CC4)[C@@H]2O)[C@H](O)[C@H](O)[C@H]1O. The summed E-state index contributed by atoms with van der Waals surface area (Å²) in [5.74, 6) is 0.311. The molecular weight excluding hydrogens is 696 g/mol. The van der Waals surface area contributed by atoms with Gasteiger partial charge in [0.05, 0.1) is 24.2 Å². The Morgan fingerprint density at radius 2 is 1.46 bits per heavy atom. The number of ether oxygens (including phenoxy) is 4. The Balaban J connectivity index is 1.17. The van der Waals surface area contributed by atoms with Gasteiger partial charge in [-0.1, -0.05) is 60.1 Å². The van der Waals surface area contributed by atoms with Crippen molar-refractivity contribution in [3.05, 3.63) is 11.6 Å². The molecule has 54 heavy (non-hydrogen) atoms. The molecule has 0 radical (unpaired) electrons. The highest BCUT2D eigenvalue weighted by Gasteiger charge is 2.69. The minimum Gasteiger partial charge on any atom is -0.432 e. The fourth-order valence-electron chi connectivity index (χ4n) is 13.4. The number of carbonyl (C=O) groups excluding carboxylic acids is 1. The third-order valence-electron chi connectivity index (χ3n) is 17.2. The maximum atomic E-state index is 14.9. The van der Waals surface area contributed by atoms with Gasteiger partial charge < -0.3 is 54.7 Å². The maximum absolute atomic E-state index is 14.9. The van der Waals surface area contributed by atoms with Crippen LogP contribution < -0.4 is 0 Å².